The Bertz CT molecular complexity index is 1160. The number of halogens is 3. The summed E-state index contributed by atoms with van der Waals surface area (Å²) in [6.07, 6.45) is -5.93. The normalized spacial score (nSPS) is 13.4. The molecule has 3 aromatic rings. The van der Waals surface area contributed by atoms with E-state index >= 15 is 0 Å². The molecule has 8 heteroatoms. The Kier molecular flexibility index (Phi) is 5.24. The third-order valence-electron chi connectivity index (χ3n) is 4.94. The van der Waals surface area contributed by atoms with E-state index in [4.69, 9.17) is 0 Å². The zero-order valence-corrected chi connectivity index (χ0v) is 15.9. The third-order valence-corrected chi connectivity index (χ3v) is 4.94. The molecule has 4 rings (SSSR count). The van der Waals surface area contributed by atoms with Crippen LogP contribution in [0.5, 0.6) is 5.75 Å². The van der Waals surface area contributed by atoms with Crippen LogP contribution in [-0.2, 0) is 0 Å². The Morgan fingerprint density at radius 1 is 0.935 bits per heavy atom. The van der Waals surface area contributed by atoms with Gasteiger partial charge in [0, 0.05) is 23.2 Å². The van der Waals surface area contributed by atoms with Gasteiger partial charge in [0.25, 0.3) is 5.91 Å². The number of carbonyl (C=O) groups excluding carboxylic acids is 2. The van der Waals surface area contributed by atoms with Crippen LogP contribution in [0.4, 0.5) is 13.2 Å². The monoisotopic (exact) mass is 427 g/mol. The highest BCUT2D eigenvalue weighted by atomic mass is 19.4. The number of amides is 1. The van der Waals surface area contributed by atoms with Gasteiger partial charge in [-0.25, -0.2) is 0 Å². The minimum Gasteiger partial charge on any atom is -0.406 e. The second-order valence-corrected chi connectivity index (χ2v) is 6.98. The number of ketones is 1. The van der Waals surface area contributed by atoms with E-state index in [1.807, 2.05) is 12.1 Å². The summed E-state index contributed by atoms with van der Waals surface area (Å²) in [6.45, 7) is -0.163. The number of benzene rings is 3. The third kappa shape index (κ3) is 4.29. The van der Waals surface area contributed by atoms with Gasteiger partial charge in [-0.15, -0.1) is 13.2 Å². The maximum atomic E-state index is 12.6. The van der Waals surface area contributed by atoms with Gasteiger partial charge in [-0.2, -0.15) is 0 Å². The average Bonchev–Trinajstić information content (AvgIpc) is 3.03. The summed E-state index contributed by atoms with van der Waals surface area (Å²) in [5.41, 5.74) is 3.19. The van der Waals surface area contributed by atoms with E-state index in [0.717, 1.165) is 23.3 Å². The maximum absolute atomic E-state index is 12.6. The molecular weight excluding hydrogens is 411 g/mol. The Morgan fingerprint density at radius 3 is 2.26 bits per heavy atom. The maximum Gasteiger partial charge on any atom is 0.573 e. The van der Waals surface area contributed by atoms with Crippen molar-refractivity contribution in [2.24, 2.45) is 0 Å². The minimum absolute atomic E-state index is 0.151. The van der Waals surface area contributed by atoms with Crippen LogP contribution in [-0.4, -0.2) is 29.7 Å². The van der Waals surface area contributed by atoms with Crippen molar-refractivity contribution in [3.63, 3.8) is 0 Å². The van der Waals surface area contributed by atoms with E-state index in [9.17, 15) is 27.9 Å². The van der Waals surface area contributed by atoms with Gasteiger partial charge in [0.05, 0.1) is 6.10 Å². The number of hydrogen-bond acceptors (Lipinski definition) is 4. The molecular formula is C23H16F3NO4. The zero-order valence-electron chi connectivity index (χ0n) is 15.9. The first kappa shape index (κ1) is 20.6. The van der Waals surface area contributed by atoms with Gasteiger partial charge in [-0.1, -0.05) is 42.5 Å². The molecule has 5 nitrogen and oxygen atoms in total. The van der Waals surface area contributed by atoms with Crippen molar-refractivity contribution in [2.45, 2.75) is 12.5 Å². The summed E-state index contributed by atoms with van der Waals surface area (Å²) in [5.74, 6) is -1.04. The molecule has 158 valence electrons. The lowest BCUT2D eigenvalue weighted by Crippen LogP contribution is -2.28. The van der Waals surface area contributed by atoms with Crippen LogP contribution in [0.2, 0.25) is 0 Å². The lowest BCUT2D eigenvalue weighted by atomic mass is 10.0. The topological polar surface area (TPSA) is 75.6 Å². The van der Waals surface area contributed by atoms with Crippen molar-refractivity contribution < 1.29 is 32.6 Å². The summed E-state index contributed by atoms with van der Waals surface area (Å²) in [4.78, 5) is 25.1. The lowest BCUT2D eigenvalue weighted by molar-refractivity contribution is -0.274. The van der Waals surface area contributed by atoms with Crippen LogP contribution >= 0.6 is 0 Å². The molecule has 1 unspecified atom stereocenters. The number of alkyl halides is 3. The predicted molar refractivity (Wildman–Crippen MR) is 106 cm³/mol. The van der Waals surface area contributed by atoms with Crippen LogP contribution in [0.1, 0.15) is 37.9 Å². The number of rotatable bonds is 5. The molecule has 3 aromatic carbocycles. The van der Waals surface area contributed by atoms with Gasteiger partial charge in [0.2, 0.25) is 0 Å². The van der Waals surface area contributed by atoms with Gasteiger partial charge in [-0.3, -0.25) is 9.59 Å². The van der Waals surface area contributed by atoms with Gasteiger partial charge >= 0.3 is 6.36 Å². The molecule has 1 amide bonds. The lowest BCUT2D eigenvalue weighted by Gasteiger charge is -2.14. The molecule has 0 aromatic heterocycles. The van der Waals surface area contributed by atoms with Crippen LogP contribution in [0.25, 0.3) is 11.1 Å². The fourth-order valence-electron chi connectivity index (χ4n) is 3.47. The van der Waals surface area contributed by atoms with Crippen LogP contribution in [0.3, 0.4) is 0 Å². The summed E-state index contributed by atoms with van der Waals surface area (Å²) < 4.78 is 40.4. The highest BCUT2D eigenvalue weighted by Gasteiger charge is 2.31. The number of hydrogen-bond donors (Lipinski definition) is 2. The van der Waals surface area contributed by atoms with Gasteiger partial charge in [0.1, 0.15) is 5.75 Å². The molecule has 0 heterocycles. The number of fused-ring (bicyclic) bond motifs is 3. The van der Waals surface area contributed by atoms with Crippen LogP contribution in [0.15, 0.2) is 66.7 Å². The Hall–Kier alpha value is -3.65. The van der Waals surface area contributed by atoms with Gasteiger partial charge in [0.15, 0.2) is 5.78 Å². The highest BCUT2D eigenvalue weighted by molar-refractivity contribution is 6.22. The molecule has 1 atom stereocenters. The standard InChI is InChI=1S/C23H16F3NO4/c24-23(25,26)31-15-8-5-13(6-9-15)20(28)12-27-22(30)14-7-10-17-16-3-1-2-4-18(16)21(29)19(17)11-14/h1-11,20,28H,12H2,(H,27,30). The van der Waals surface area contributed by atoms with E-state index in [1.54, 1.807) is 24.3 Å². The minimum atomic E-state index is -4.80. The fraction of sp³-hybridized carbons (Fsp3) is 0.130. The second-order valence-electron chi connectivity index (χ2n) is 6.98. The smallest absolute Gasteiger partial charge is 0.406 e. The molecule has 0 fully saturated rings. The molecule has 0 saturated carbocycles. The summed E-state index contributed by atoms with van der Waals surface area (Å²) in [5, 5.41) is 12.8. The Balaban J connectivity index is 1.41. The van der Waals surface area contributed by atoms with Crippen molar-refractivity contribution >= 4 is 11.7 Å². The predicted octanol–water partition coefficient (Wildman–Crippen LogP) is 4.26. The van der Waals surface area contributed by atoms with Crippen molar-refractivity contribution in [1.29, 1.82) is 0 Å². The summed E-state index contributed by atoms with van der Waals surface area (Å²) in [6, 6.07) is 16.7. The number of aliphatic hydroxyl groups excluding tert-OH is 1. The van der Waals surface area contributed by atoms with Crippen molar-refractivity contribution in [1.82, 2.24) is 5.32 Å². The number of nitrogens with one attached hydrogen (secondary N) is 1. The van der Waals surface area contributed by atoms with E-state index in [2.05, 4.69) is 10.1 Å². The first-order valence-corrected chi connectivity index (χ1v) is 9.33. The summed E-state index contributed by atoms with van der Waals surface area (Å²) >= 11 is 0. The van der Waals surface area contributed by atoms with E-state index in [0.29, 0.717) is 16.7 Å². The first-order valence-electron chi connectivity index (χ1n) is 9.33. The van der Waals surface area contributed by atoms with Gasteiger partial charge in [-0.05, 0) is 41.0 Å². The molecule has 31 heavy (non-hydrogen) atoms. The van der Waals surface area contributed by atoms with Crippen LogP contribution in [0, 0.1) is 0 Å². The summed E-state index contributed by atoms with van der Waals surface area (Å²) in [7, 11) is 0. The van der Waals surface area contributed by atoms with E-state index < -0.39 is 24.1 Å². The Labute approximate surface area is 175 Å². The molecule has 0 spiro atoms. The van der Waals surface area contributed by atoms with Crippen LogP contribution < -0.4 is 10.1 Å². The quantitative estimate of drug-likeness (QED) is 0.499. The SMILES string of the molecule is O=C(NCC(O)c1ccc(OC(F)(F)F)cc1)c1ccc2c(c1)C(=O)c1ccccc1-2. The average molecular weight is 427 g/mol. The van der Waals surface area contributed by atoms with Crippen molar-refractivity contribution in [3.05, 3.63) is 89.0 Å². The molecule has 1 aliphatic carbocycles. The first-order chi connectivity index (χ1) is 14.7. The Morgan fingerprint density at radius 2 is 1.58 bits per heavy atom. The molecule has 2 N–H and O–H groups in total. The largest absolute Gasteiger partial charge is 0.573 e. The molecule has 0 bridgehead atoms. The molecule has 1 aliphatic rings. The second kappa shape index (κ2) is 7.88. The highest BCUT2D eigenvalue weighted by Crippen LogP contribution is 2.36. The van der Waals surface area contributed by atoms with Crippen molar-refractivity contribution in [2.75, 3.05) is 6.54 Å². The fourth-order valence-corrected chi connectivity index (χ4v) is 3.47. The molecule has 0 radical (unpaired) electrons. The van der Waals surface area contributed by atoms with Gasteiger partial charge < -0.3 is 15.2 Å². The number of carbonyl (C=O) groups is 2. The molecule has 0 saturated heterocycles. The van der Waals surface area contributed by atoms with E-state index in [-0.39, 0.29) is 17.9 Å². The number of ether oxygens (including phenoxy) is 1. The van der Waals surface area contributed by atoms with E-state index in [1.165, 1.54) is 18.2 Å². The zero-order chi connectivity index (χ0) is 22.2. The molecule has 0 aliphatic heterocycles. The van der Waals surface area contributed by atoms with Crippen molar-refractivity contribution in [3.8, 4) is 16.9 Å². The number of aliphatic hydroxyl groups is 1.